The third kappa shape index (κ3) is 4.52. The molecule has 0 nitrogen and oxygen atoms in total. The van der Waals surface area contributed by atoms with Crippen LogP contribution in [0.15, 0.2) is 146 Å². The molecule has 0 amide bonds. The van der Waals surface area contributed by atoms with Crippen LogP contribution in [0, 0.1) is 22.9 Å². The van der Waals surface area contributed by atoms with E-state index in [1.54, 1.807) is 0 Å². The van der Waals surface area contributed by atoms with Crippen molar-refractivity contribution in [1.29, 1.82) is 0 Å². The molecule has 0 saturated heterocycles. The lowest BCUT2D eigenvalue weighted by Crippen LogP contribution is -2.56. The Labute approximate surface area is 205 Å². The Morgan fingerprint density at radius 1 is 0.412 bits per heavy atom. The SMILES string of the molecule is C=C[Si](C#CC#C[Si](C=C)(c1ccccc1)c1ccccc1)(c1ccccc1)c1ccccc1. The molecule has 2 heteroatoms. The largest absolute Gasteiger partial charge is 0.223 e. The second kappa shape index (κ2) is 10.7. The van der Waals surface area contributed by atoms with Gasteiger partial charge < -0.3 is 0 Å². The van der Waals surface area contributed by atoms with Gasteiger partial charge in [0.1, 0.15) is 0 Å². The van der Waals surface area contributed by atoms with Crippen molar-refractivity contribution < 1.29 is 0 Å². The van der Waals surface area contributed by atoms with Crippen molar-refractivity contribution in [3.8, 4) is 22.9 Å². The van der Waals surface area contributed by atoms with Crippen LogP contribution in [0.3, 0.4) is 0 Å². The normalized spacial score (nSPS) is 10.7. The standard InChI is InChI=1S/C32H26Si2/c1-3-33(29-19-9-5-10-20-29,30-21-11-6-12-22-30)27-17-18-28-34(4-2,31-23-13-7-14-24-31)32-25-15-8-16-26-32/h3-16,19-26H,1-2H2. The first-order chi connectivity index (χ1) is 16.7. The lowest BCUT2D eigenvalue weighted by Gasteiger charge is -2.23. The van der Waals surface area contributed by atoms with Crippen molar-refractivity contribution in [3.05, 3.63) is 146 Å². The molecule has 0 heterocycles. The van der Waals surface area contributed by atoms with Crippen LogP contribution in [0.1, 0.15) is 0 Å². The van der Waals surface area contributed by atoms with Crippen LogP contribution < -0.4 is 20.7 Å². The van der Waals surface area contributed by atoms with Gasteiger partial charge in [-0.2, -0.15) is 0 Å². The van der Waals surface area contributed by atoms with Crippen LogP contribution in [0.5, 0.6) is 0 Å². The zero-order chi connectivity index (χ0) is 23.7. The molecule has 0 aromatic heterocycles. The van der Waals surface area contributed by atoms with Gasteiger partial charge in [0.05, 0.1) is 0 Å². The molecule has 4 aromatic rings. The summed E-state index contributed by atoms with van der Waals surface area (Å²) in [7, 11) is -4.99. The second-order valence-electron chi connectivity index (χ2n) is 7.99. The molecule has 4 rings (SSSR count). The summed E-state index contributed by atoms with van der Waals surface area (Å²) in [6.45, 7) is 8.46. The monoisotopic (exact) mass is 466 g/mol. The molecular weight excluding hydrogens is 441 g/mol. The van der Waals surface area contributed by atoms with Crippen molar-refractivity contribution in [1.82, 2.24) is 0 Å². The molecular formula is C32H26Si2. The van der Waals surface area contributed by atoms with Gasteiger partial charge in [0.2, 0.25) is 16.1 Å². The highest BCUT2D eigenvalue weighted by molar-refractivity contribution is 7.12. The molecule has 0 radical (unpaired) electrons. The van der Waals surface area contributed by atoms with Crippen molar-refractivity contribution in [2.24, 2.45) is 0 Å². The molecule has 34 heavy (non-hydrogen) atoms. The third-order valence-electron chi connectivity index (χ3n) is 6.11. The number of hydrogen-bond acceptors (Lipinski definition) is 0. The van der Waals surface area contributed by atoms with E-state index in [-0.39, 0.29) is 0 Å². The van der Waals surface area contributed by atoms with Gasteiger partial charge in [-0.3, -0.25) is 0 Å². The van der Waals surface area contributed by atoms with E-state index in [1.807, 2.05) is 24.3 Å². The van der Waals surface area contributed by atoms with Crippen LogP contribution >= 0.6 is 0 Å². The van der Waals surface area contributed by atoms with Crippen molar-refractivity contribution in [2.75, 3.05) is 0 Å². The molecule has 0 bridgehead atoms. The minimum atomic E-state index is -2.50. The van der Waals surface area contributed by atoms with Crippen LogP contribution in [0.4, 0.5) is 0 Å². The molecule has 0 fully saturated rings. The lowest BCUT2D eigenvalue weighted by atomic mass is 10.4. The molecule has 0 unspecified atom stereocenters. The van der Waals surface area contributed by atoms with Crippen LogP contribution in [0.2, 0.25) is 0 Å². The highest BCUT2D eigenvalue weighted by atomic mass is 28.3. The van der Waals surface area contributed by atoms with E-state index in [9.17, 15) is 0 Å². The van der Waals surface area contributed by atoms with E-state index >= 15 is 0 Å². The molecule has 162 valence electrons. The van der Waals surface area contributed by atoms with E-state index < -0.39 is 16.1 Å². The molecule has 0 atom stereocenters. The average molecular weight is 467 g/mol. The van der Waals surface area contributed by atoms with E-state index in [0.29, 0.717) is 0 Å². The van der Waals surface area contributed by atoms with Gasteiger partial charge in [0.15, 0.2) is 0 Å². The smallest absolute Gasteiger partial charge is 0.105 e. The summed E-state index contributed by atoms with van der Waals surface area (Å²) >= 11 is 0. The third-order valence-corrected chi connectivity index (χ3v) is 13.4. The van der Waals surface area contributed by atoms with Crippen LogP contribution in [-0.2, 0) is 0 Å². The quantitative estimate of drug-likeness (QED) is 0.297. The van der Waals surface area contributed by atoms with Gasteiger partial charge in [0.25, 0.3) is 0 Å². The zero-order valence-electron chi connectivity index (χ0n) is 19.1. The average Bonchev–Trinajstić information content (AvgIpc) is 2.93. The van der Waals surface area contributed by atoms with E-state index in [2.05, 4.69) is 145 Å². The Bertz CT molecular complexity index is 1180. The Morgan fingerprint density at radius 3 is 0.853 bits per heavy atom. The highest BCUT2D eigenvalue weighted by Gasteiger charge is 2.34. The van der Waals surface area contributed by atoms with E-state index in [0.717, 1.165) is 0 Å². The summed E-state index contributed by atoms with van der Waals surface area (Å²) in [5, 5.41) is 4.85. The summed E-state index contributed by atoms with van der Waals surface area (Å²) in [5.74, 6) is 6.54. The first-order valence-electron chi connectivity index (χ1n) is 11.3. The molecule has 0 spiro atoms. The molecule has 0 N–H and O–H groups in total. The minimum absolute atomic E-state index is 1.21. The minimum Gasteiger partial charge on any atom is -0.105 e. The molecule has 0 saturated carbocycles. The Balaban J connectivity index is 1.86. The topological polar surface area (TPSA) is 0 Å². The Morgan fingerprint density at radius 2 is 0.647 bits per heavy atom. The summed E-state index contributed by atoms with van der Waals surface area (Å²) in [6.07, 6.45) is 0. The number of benzene rings is 4. The maximum Gasteiger partial charge on any atom is 0.223 e. The van der Waals surface area contributed by atoms with Crippen molar-refractivity contribution in [2.45, 2.75) is 0 Å². The fourth-order valence-corrected chi connectivity index (χ4v) is 10.0. The summed E-state index contributed by atoms with van der Waals surface area (Å²) in [4.78, 5) is 0. The predicted molar refractivity (Wildman–Crippen MR) is 152 cm³/mol. The molecule has 4 aromatic carbocycles. The van der Waals surface area contributed by atoms with Gasteiger partial charge >= 0.3 is 0 Å². The maximum absolute atomic E-state index is 4.23. The van der Waals surface area contributed by atoms with Crippen LogP contribution in [0.25, 0.3) is 0 Å². The Hall–Kier alpha value is -4.09. The van der Waals surface area contributed by atoms with Crippen LogP contribution in [-0.4, -0.2) is 16.1 Å². The number of rotatable bonds is 6. The fraction of sp³-hybridized carbons (Fsp3) is 0. The maximum atomic E-state index is 4.23. The molecule has 0 aliphatic carbocycles. The fourth-order valence-electron chi connectivity index (χ4n) is 4.26. The first-order valence-corrected chi connectivity index (χ1v) is 15.4. The predicted octanol–water partition coefficient (Wildman–Crippen LogP) is 4.05. The summed E-state index contributed by atoms with van der Waals surface area (Å²) in [6, 6.07) is 41.9. The van der Waals surface area contributed by atoms with E-state index in [1.165, 1.54) is 20.7 Å². The van der Waals surface area contributed by atoms with Gasteiger partial charge in [-0.1, -0.05) is 133 Å². The molecule has 0 aliphatic heterocycles. The zero-order valence-corrected chi connectivity index (χ0v) is 21.1. The molecule has 0 aliphatic rings. The second-order valence-corrected chi connectivity index (χ2v) is 14.8. The van der Waals surface area contributed by atoms with Crippen molar-refractivity contribution >= 4 is 36.9 Å². The van der Waals surface area contributed by atoms with Gasteiger partial charge in [-0.05, 0) is 32.6 Å². The lowest BCUT2D eigenvalue weighted by molar-refractivity contribution is 1.72. The van der Waals surface area contributed by atoms with E-state index in [4.69, 9.17) is 0 Å². The van der Waals surface area contributed by atoms with Gasteiger partial charge in [-0.15, -0.1) is 24.2 Å². The summed E-state index contributed by atoms with van der Waals surface area (Å²) < 4.78 is 0. The van der Waals surface area contributed by atoms with Gasteiger partial charge in [0, 0.05) is 0 Å². The highest BCUT2D eigenvalue weighted by Crippen LogP contribution is 2.08. The first kappa shape index (κ1) is 23.1. The summed E-state index contributed by atoms with van der Waals surface area (Å²) in [5.41, 5.74) is 11.3. The van der Waals surface area contributed by atoms with Crippen molar-refractivity contribution in [3.63, 3.8) is 0 Å². The Kier molecular flexibility index (Phi) is 7.26. The number of hydrogen-bond donors (Lipinski definition) is 0. The van der Waals surface area contributed by atoms with Gasteiger partial charge in [-0.25, -0.2) is 0 Å².